The smallest absolute Gasteiger partial charge is 0.378 e. The molecule has 7 heteroatoms. The molecule has 0 aromatic heterocycles. The minimum absolute atomic E-state index is 0.380. The van der Waals surface area contributed by atoms with Crippen LogP contribution in [-0.2, 0) is 17.5 Å². The van der Waals surface area contributed by atoms with E-state index in [0.29, 0.717) is 55.9 Å². The van der Waals surface area contributed by atoms with Crippen LogP contribution in [0.2, 0.25) is 0 Å². The van der Waals surface area contributed by atoms with Gasteiger partial charge in [0.25, 0.3) is 0 Å². The van der Waals surface area contributed by atoms with Gasteiger partial charge in [0, 0.05) is 38.4 Å². The first kappa shape index (κ1) is 17.1. The number of ether oxygens (including phenoxy) is 1. The highest BCUT2D eigenvalue weighted by atomic mass is 19.4. The third-order valence-corrected chi connectivity index (χ3v) is 5.63. The first-order chi connectivity index (χ1) is 12.0. The van der Waals surface area contributed by atoms with Crippen molar-refractivity contribution in [1.82, 2.24) is 10.2 Å². The normalized spacial score (nSPS) is 27.7. The number of nitrogens with one attached hydrogen (secondary N) is 1. The Morgan fingerprint density at radius 2 is 1.76 bits per heavy atom. The fourth-order valence-corrected chi connectivity index (χ4v) is 4.31. The number of fused-ring (bicyclic) bond motifs is 1. The van der Waals surface area contributed by atoms with E-state index in [4.69, 9.17) is 4.74 Å². The molecule has 0 saturated carbocycles. The molecule has 3 aliphatic rings. The Bertz CT molecular complexity index is 604. The highest BCUT2D eigenvalue weighted by Gasteiger charge is 2.38. The van der Waals surface area contributed by atoms with Gasteiger partial charge in [-0.3, -0.25) is 4.90 Å². The molecule has 0 amide bonds. The summed E-state index contributed by atoms with van der Waals surface area (Å²) in [5.41, 5.74) is 0.533. The summed E-state index contributed by atoms with van der Waals surface area (Å²) < 4.78 is 46.2. The zero-order chi connectivity index (χ0) is 17.4. The van der Waals surface area contributed by atoms with Crippen molar-refractivity contribution in [1.29, 1.82) is 0 Å². The van der Waals surface area contributed by atoms with Crippen LogP contribution in [-0.4, -0.2) is 57.4 Å². The number of benzene rings is 1. The summed E-state index contributed by atoms with van der Waals surface area (Å²) >= 11 is 0. The van der Waals surface area contributed by atoms with Gasteiger partial charge in [-0.1, -0.05) is 6.07 Å². The molecule has 3 fully saturated rings. The third-order valence-electron chi connectivity index (χ3n) is 5.63. The molecule has 2 unspecified atom stereocenters. The van der Waals surface area contributed by atoms with Gasteiger partial charge in [0.1, 0.15) is 0 Å². The van der Waals surface area contributed by atoms with E-state index in [1.165, 1.54) is 6.07 Å². The van der Waals surface area contributed by atoms with Crippen molar-refractivity contribution in [2.45, 2.75) is 12.7 Å². The van der Waals surface area contributed by atoms with E-state index in [9.17, 15) is 13.2 Å². The summed E-state index contributed by atoms with van der Waals surface area (Å²) in [6.07, 6.45) is -4.32. The first-order valence-electron chi connectivity index (χ1n) is 8.96. The summed E-state index contributed by atoms with van der Waals surface area (Å²) in [5.74, 6) is 1.17. The number of anilines is 1. The lowest BCUT2D eigenvalue weighted by Gasteiger charge is -2.30. The number of halogens is 3. The molecule has 0 aliphatic carbocycles. The lowest BCUT2D eigenvalue weighted by atomic mass is 10.0. The molecule has 2 atom stereocenters. The van der Waals surface area contributed by atoms with Gasteiger partial charge in [-0.2, -0.15) is 13.2 Å². The van der Waals surface area contributed by atoms with Crippen molar-refractivity contribution < 1.29 is 17.9 Å². The molecule has 3 heterocycles. The molecule has 0 radical (unpaired) electrons. The highest BCUT2D eigenvalue weighted by Crippen LogP contribution is 2.36. The summed E-state index contributed by atoms with van der Waals surface area (Å²) in [5, 5.41) is 3.37. The second kappa shape index (κ2) is 6.78. The van der Waals surface area contributed by atoms with E-state index in [2.05, 4.69) is 10.2 Å². The maximum Gasteiger partial charge on any atom is 0.416 e. The van der Waals surface area contributed by atoms with Crippen molar-refractivity contribution in [3.63, 3.8) is 0 Å². The molecule has 3 aliphatic heterocycles. The van der Waals surface area contributed by atoms with E-state index >= 15 is 0 Å². The molecular formula is C18H24F3N3O. The Morgan fingerprint density at radius 1 is 1.08 bits per heavy atom. The quantitative estimate of drug-likeness (QED) is 0.900. The van der Waals surface area contributed by atoms with Crippen molar-refractivity contribution >= 4 is 5.69 Å². The summed E-state index contributed by atoms with van der Waals surface area (Å²) in [6.45, 7) is 6.54. The molecule has 3 saturated heterocycles. The van der Waals surface area contributed by atoms with Gasteiger partial charge in [-0.15, -0.1) is 0 Å². The van der Waals surface area contributed by atoms with Crippen LogP contribution < -0.4 is 10.2 Å². The number of nitrogens with zero attached hydrogens (tertiary/aromatic N) is 2. The number of hydrogen-bond donors (Lipinski definition) is 1. The van der Waals surface area contributed by atoms with Gasteiger partial charge in [0.2, 0.25) is 0 Å². The summed E-state index contributed by atoms with van der Waals surface area (Å²) in [6, 6.07) is 4.81. The van der Waals surface area contributed by atoms with Gasteiger partial charge in [0.15, 0.2) is 0 Å². The molecule has 0 bridgehead atoms. The number of likely N-dealkylation sites (tertiary alicyclic amines) is 1. The van der Waals surface area contributed by atoms with E-state index in [-0.39, 0.29) is 0 Å². The van der Waals surface area contributed by atoms with Crippen LogP contribution in [0.15, 0.2) is 18.2 Å². The standard InChI is InChI=1S/C18H24F3N3O/c19-18(20,21)17-7-16(24-3-5-25-6-4-24)2-1-13(17)10-23-11-14-8-22-9-15(14)12-23/h1-2,7,14-15,22H,3-6,8-12H2. The Hall–Kier alpha value is -1.31. The van der Waals surface area contributed by atoms with Crippen molar-refractivity contribution in [2.24, 2.45) is 11.8 Å². The number of alkyl halides is 3. The zero-order valence-electron chi connectivity index (χ0n) is 14.2. The minimum atomic E-state index is -4.32. The Balaban J connectivity index is 1.54. The van der Waals surface area contributed by atoms with Crippen LogP contribution in [0.3, 0.4) is 0 Å². The van der Waals surface area contributed by atoms with E-state index in [0.717, 1.165) is 26.2 Å². The minimum Gasteiger partial charge on any atom is -0.378 e. The molecular weight excluding hydrogens is 331 g/mol. The van der Waals surface area contributed by atoms with Gasteiger partial charge in [0.05, 0.1) is 18.8 Å². The SMILES string of the molecule is FC(F)(F)c1cc(N2CCOCC2)ccc1CN1CC2CNCC2C1. The predicted octanol–water partition coefficient (Wildman–Crippen LogP) is 2.19. The number of morpholine rings is 1. The third kappa shape index (κ3) is 3.64. The Morgan fingerprint density at radius 3 is 2.40 bits per heavy atom. The largest absolute Gasteiger partial charge is 0.416 e. The van der Waals surface area contributed by atoms with Crippen molar-refractivity contribution in [2.75, 3.05) is 57.4 Å². The predicted molar refractivity (Wildman–Crippen MR) is 89.6 cm³/mol. The lowest BCUT2D eigenvalue weighted by Crippen LogP contribution is -2.36. The molecule has 1 aromatic carbocycles. The summed E-state index contributed by atoms with van der Waals surface area (Å²) in [4.78, 5) is 4.14. The van der Waals surface area contributed by atoms with Gasteiger partial charge in [-0.25, -0.2) is 0 Å². The van der Waals surface area contributed by atoms with E-state index in [1.807, 2.05) is 11.0 Å². The Kier molecular flexibility index (Phi) is 4.64. The first-order valence-corrected chi connectivity index (χ1v) is 8.96. The number of rotatable bonds is 3. The number of hydrogen-bond acceptors (Lipinski definition) is 4. The highest BCUT2D eigenvalue weighted by molar-refractivity contribution is 5.52. The van der Waals surface area contributed by atoms with Crippen LogP contribution in [0.25, 0.3) is 0 Å². The van der Waals surface area contributed by atoms with E-state index in [1.54, 1.807) is 6.07 Å². The van der Waals surface area contributed by atoms with Gasteiger partial charge in [-0.05, 0) is 42.6 Å². The Labute approximate surface area is 145 Å². The molecule has 4 nitrogen and oxygen atoms in total. The zero-order valence-corrected chi connectivity index (χ0v) is 14.2. The topological polar surface area (TPSA) is 27.7 Å². The monoisotopic (exact) mass is 355 g/mol. The summed E-state index contributed by atoms with van der Waals surface area (Å²) in [7, 11) is 0. The lowest BCUT2D eigenvalue weighted by molar-refractivity contribution is -0.138. The molecule has 0 spiro atoms. The molecule has 1 N–H and O–H groups in total. The maximum absolute atomic E-state index is 13.6. The average Bonchev–Trinajstić information content (AvgIpc) is 3.16. The molecule has 4 rings (SSSR count). The second-order valence-electron chi connectivity index (χ2n) is 7.31. The van der Waals surface area contributed by atoms with Gasteiger partial charge >= 0.3 is 6.18 Å². The molecule has 25 heavy (non-hydrogen) atoms. The fraction of sp³-hybridized carbons (Fsp3) is 0.667. The van der Waals surface area contributed by atoms with Crippen LogP contribution in [0, 0.1) is 11.8 Å². The molecule has 138 valence electrons. The second-order valence-corrected chi connectivity index (χ2v) is 7.31. The van der Waals surface area contributed by atoms with Crippen molar-refractivity contribution in [3.8, 4) is 0 Å². The van der Waals surface area contributed by atoms with Crippen molar-refractivity contribution in [3.05, 3.63) is 29.3 Å². The van der Waals surface area contributed by atoms with Crippen LogP contribution in [0.1, 0.15) is 11.1 Å². The van der Waals surface area contributed by atoms with E-state index < -0.39 is 11.7 Å². The van der Waals surface area contributed by atoms with Crippen LogP contribution in [0.4, 0.5) is 18.9 Å². The van der Waals surface area contributed by atoms with Crippen LogP contribution >= 0.6 is 0 Å². The van der Waals surface area contributed by atoms with Gasteiger partial charge < -0.3 is 15.0 Å². The average molecular weight is 355 g/mol. The molecule has 1 aromatic rings. The maximum atomic E-state index is 13.6. The fourth-order valence-electron chi connectivity index (χ4n) is 4.31. The van der Waals surface area contributed by atoms with Crippen LogP contribution in [0.5, 0.6) is 0 Å².